The molecule has 0 unspecified atom stereocenters. The molecule has 1 aromatic carbocycles. The van der Waals surface area contributed by atoms with Crippen LogP contribution < -0.4 is 11.5 Å². The molecule has 9 heteroatoms. The highest BCUT2D eigenvalue weighted by Crippen LogP contribution is 2.21. The quantitative estimate of drug-likeness (QED) is 0.630. The maximum absolute atomic E-state index is 13.7. The van der Waals surface area contributed by atoms with E-state index in [1.165, 1.54) is 23.1 Å². The molecular formula is C14H15ClFN5OS. The van der Waals surface area contributed by atoms with E-state index in [-0.39, 0.29) is 40.4 Å². The monoisotopic (exact) mass is 355 g/mol. The third-order valence-corrected chi connectivity index (χ3v) is 4.14. The van der Waals surface area contributed by atoms with E-state index in [0.29, 0.717) is 5.16 Å². The van der Waals surface area contributed by atoms with Crippen LogP contribution in [0.3, 0.4) is 0 Å². The third kappa shape index (κ3) is 4.70. The molecule has 2 aromatic rings. The number of nitrogen functional groups attached to an aromatic ring is 2. The lowest BCUT2D eigenvalue weighted by molar-refractivity contribution is -0.127. The summed E-state index contributed by atoms with van der Waals surface area (Å²) < 4.78 is 13.7. The summed E-state index contributed by atoms with van der Waals surface area (Å²) in [7, 11) is 1.57. The van der Waals surface area contributed by atoms with Crippen LogP contribution in [0.1, 0.15) is 5.56 Å². The second-order valence-corrected chi connectivity index (χ2v) is 6.09. The third-order valence-electron chi connectivity index (χ3n) is 2.95. The van der Waals surface area contributed by atoms with Gasteiger partial charge in [-0.1, -0.05) is 29.4 Å². The Morgan fingerprint density at radius 3 is 2.61 bits per heavy atom. The van der Waals surface area contributed by atoms with Crippen molar-refractivity contribution in [3.63, 3.8) is 0 Å². The van der Waals surface area contributed by atoms with Crippen molar-refractivity contribution >= 4 is 40.9 Å². The minimum Gasteiger partial charge on any atom is -0.383 e. The number of amides is 1. The molecular weight excluding hydrogens is 341 g/mol. The van der Waals surface area contributed by atoms with Gasteiger partial charge >= 0.3 is 0 Å². The Balaban J connectivity index is 1.97. The lowest BCUT2D eigenvalue weighted by Crippen LogP contribution is -2.28. The van der Waals surface area contributed by atoms with E-state index in [1.807, 2.05) is 0 Å². The summed E-state index contributed by atoms with van der Waals surface area (Å²) in [4.78, 5) is 21.5. The van der Waals surface area contributed by atoms with Crippen LogP contribution >= 0.6 is 23.4 Å². The lowest BCUT2D eigenvalue weighted by atomic mass is 10.2. The molecule has 0 aliphatic rings. The predicted octanol–water partition coefficient (Wildman–Crippen LogP) is 2.18. The van der Waals surface area contributed by atoms with Crippen molar-refractivity contribution in [3.05, 3.63) is 40.7 Å². The van der Waals surface area contributed by atoms with E-state index in [4.69, 9.17) is 23.1 Å². The van der Waals surface area contributed by atoms with Gasteiger partial charge in [-0.15, -0.1) is 0 Å². The highest BCUT2D eigenvalue weighted by Gasteiger charge is 2.15. The topological polar surface area (TPSA) is 98.1 Å². The number of carbonyl (C=O) groups is 1. The molecule has 1 heterocycles. The van der Waals surface area contributed by atoms with Gasteiger partial charge in [0.1, 0.15) is 17.5 Å². The Labute approximate surface area is 142 Å². The van der Waals surface area contributed by atoms with Crippen molar-refractivity contribution in [1.29, 1.82) is 0 Å². The van der Waals surface area contributed by atoms with Crippen LogP contribution in [0.5, 0.6) is 0 Å². The molecule has 0 bridgehead atoms. The Hall–Kier alpha value is -2.06. The number of hydrogen-bond acceptors (Lipinski definition) is 6. The van der Waals surface area contributed by atoms with Gasteiger partial charge in [-0.3, -0.25) is 4.79 Å². The first kappa shape index (κ1) is 17.3. The molecule has 0 fully saturated rings. The lowest BCUT2D eigenvalue weighted by Gasteiger charge is -2.18. The first-order chi connectivity index (χ1) is 10.9. The molecule has 1 aromatic heterocycles. The van der Waals surface area contributed by atoms with Crippen LogP contribution in [0.2, 0.25) is 5.02 Å². The van der Waals surface area contributed by atoms with Crippen molar-refractivity contribution in [2.75, 3.05) is 24.3 Å². The van der Waals surface area contributed by atoms with Gasteiger partial charge in [0.25, 0.3) is 0 Å². The summed E-state index contributed by atoms with van der Waals surface area (Å²) >= 11 is 7.06. The van der Waals surface area contributed by atoms with Gasteiger partial charge < -0.3 is 16.4 Å². The minimum atomic E-state index is -0.447. The first-order valence-corrected chi connectivity index (χ1v) is 7.93. The number of rotatable bonds is 5. The Kier molecular flexibility index (Phi) is 5.62. The fraction of sp³-hybridized carbons (Fsp3) is 0.214. The molecule has 0 saturated carbocycles. The molecule has 2 rings (SSSR count). The number of anilines is 2. The van der Waals surface area contributed by atoms with Crippen LogP contribution in [0.15, 0.2) is 29.4 Å². The fourth-order valence-electron chi connectivity index (χ4n) is 1.77. The largest absolute Gasteiger partial charge is 0.383 e. The smallest absolute Gasteiger partial charge is 0.233 e. The molecule has 4 N–H and O–H groups in total. The number of halogens is 2. The van der Waals surface area contributed by atoms with E-state index < -0.39 is 5.82 Å². The summed E-state index contributed by atoms with van der Waals surface area (Å²) in [6, 6.07) is 5.83. The van der Waals surface area contributed by atoms with Crippen molar-refractivity contribution in [2.24, 2.45) is 0 Å². The predicted molar refractivity (Wildman–Crippen MR) is 89.5 cm³/mol. The van der Waals surface area contributed by atoms with Crippen LogP contribution in [0, 0.1) is 5.82 Å². The molecule has 0 saturated heterocycles. The fourth-order valence-corrected chi connectivity index (χ4v) is 2.81. The zero-order valence-corrected chi connectivity index (χ0v) is 13.9. The van der Waals surface area contributed by atoms with Crippen molar-refractivity contribution in [2.45, 2.75) is 11.7 Å². The maximum Gasteiger partial charge on any atom is 0.233 e. The number of benzene rings is 1. The van der Waals surface area contributed by atoms with Crippen LogP contribution in [-0.2, 0) is 11.3 Å². The number of nitrogens with two attached hydrogens (primary N) is 2. The van der Waals surface area contributed by atoms with Gasteiger partial charge in [-0.05, 0) is 12.1 Å². The molecule has 122 valence electrons. The summed E-state index contributed by atoms with van der Waals surface area (Å²) in [5, 5.41) is 0.595. The zero-order chi connectivity index (χ0) is 17.0. The molecule has 6 nitrogen and oxygen atoms in total. The Morgan fingerprint density at radius 1 is 1.35 bits per heavy atom. The van der Waals surface area contributed by atoms with Crippen LogP contribution in [-0.4, -0.2) is 33.6 Å². The maximum atomic E-state index is 13.7. The standard InChI is InChI=1S/C14H15ClFN5OS/c1-21(6-8-9(15)3-2-4-10(8)16)13(22)7-23-14-19-11(17)5-12(18)20-14/h2-5H,6-7H2,1H3,(H4,17,18,19,20). The number of hydrogen-bond donors (Lipinski definition) is 2. The Morgan fingerprint density at radius 2 is 2.00 bits per heavy atom. The summed E-state index contributed by atoms with van der Waals surface area (Å²) in [5.41, 5.74) is 11.4. The summed E-state index contributed by atoms with van der Waals surface area (Å²) in [6.45, 7) is 0.0742. The number of carbonyl (C=O) groups excluding carboxylic acids is 1. The summed E-state index contributed by atoms with van der Waals surface area (Å²) in [5.74, 6) is -0.126. The second kappa shape index (κ2) is 7.47. The van der Waals surface area contributed by atoms with E-state index in [2.05, 4.69) is 9.97 Å². The number of aromatic nitrogens is 2. The molecule has 0 atom stereocenters. The molecule has 23 heavy (non-hydrogen) atoms. The molecule has 0 spiro atoms. The average Bonchev–Trinajstić information content (AvgIpc) is 2.47. The van der Waals surface area contributed by atoms with Gasteiger partial charge in [0.05, 0.1) is 5.75 Å². The summed E-state index contributed by atoms with van der Waals surface area (Å²) in [6.07, 6.45) is 0. The number of nitrogens with zero attached hydrogens (tertiary/aromatic N) is 3. The van der Waals surface area contributed by atoms with Gasteiger partial charge in [-0.25, -0.2) is 14.4 Å². The SMILES string of the molecule is CN(Cc1c(F)cccc1Cl)C(=O)CSc1nc(N)cc(N)n1. The van der Waals surface area contributed by atoms with Gasteiger partial charge in [0, 0.05) is 30.2 Å². The van der Waals surface area contributed by atoms with E-state index in [9.17, 15) is 9.18 Å². The molecule has 0 aliphatic carbocycles. The molecule has 1 amide bonds. The highest BCUT2D eigenvalue weighted by molar-refractivity contribution is 7.99. The highest BCUT2D eigenvalue weighted by atomic mass is 35.5. The van der Waals surface area contributed by atoms with Crippen molar-refractivity contribution in [1.82, 2.24) is 14.9 Å². The zero-order valence-electron chi connectivity index (χ0n) is 12.3. The number of thioether (sulfide) groups is 1. The van der Waals surface area contributed by atoms with Gasteiger partial charge in [-0.2, -0.15) is 0 Å². The van der Waals surface area contributed by atoms with Crippen LogP contribution in [0.25, 0.3) is 0 Å². The average molecular weight is 356 g/mol. The van der Waals surface area contributed by atoms with Gasteiger partial charge in [0.15, 0.2) is 5.16 Å². The van der Waals surface area contributed by atoms with E-state index >= 15 is 0 Å². The van der Waals surface area contributed by atoms with E-state index in [0.717, 1.165) is 11.8 Å². The normalized spacial score (nSPS) is 10.6. The van der Waals surface area contributed by atoms with Crippen molar-refractivity contribution in [3.8, 4) is 0 Å². The first-order valence-electron chi connectivity index (χ1n) is 6.56. The van der Waals surface area contributed by atoms with E-state index in [1.54, 1.807) is 13.1 Å². The second-order valence-electron chi connectivity index (χ2n) is 4.74. The minimum absolute atomic E-state index is 0.0742. The van der Waals surface area contributed by atoms with Gasteiger partial charge in [0.2, 0.25) is 5.91 Å². The van der Waals surface area contributed by atoms with Crippen molar-refractivity contribution < 1.29 is 9.18 Å². The molecule has 0 radical (unpaired) electrons. The van der Waals surface area contributed by atoms with Crippen LogP contribution in [0.4, 0.5) is 16.0 Å². The Bertz CT molecular complexity index is 690. The molecule has 0 aliphatic heterocycles.